The minimum Gasteiger partial charge on any atom is -0.494 e. The minimum absolute atomic E-state index is 0.266. The third kappa shape index (κ3) is 2.91. The summed E-state index contributed by atoms with van der Waals surface area (Å²) in [5.41, 5.74) is 1.89. The second-order valence-corrected chi connectivity index (χ2v) is 5.42. The van der Waals surface area contributed by atoms with Gasteiger partial charge in [0.25, 0.3) is 0 Å². The van der Waals surface area contributed by atoms with Crippen molar-refractivity contribution in [3.05, 3.63) is 65.7 Å². The van der Waals surface area contributed by atoms with Crippen LogP contribution in [0.1, 0.15) is 19.4 Å². The number of benzene rings is 3. The maximum atomic E-state index is 14.5. The number of fused-ring (bicyclic) bond motifs is 1. The number of hydrogen-bond acceptors (Lipinski definition) is 1. The van der Waals surface area contributed by atoms with Gasteiger partial charge in [0.1, 0.15) is 5.75 Å². The molecule has 0 atom stereocenters. The molecule has 0 spiro atoms. The molecule has 0 aliphatic rings. The highest BCUT2D eigenvalue weighted by Crippen LogP contribution is 2.32. The van der Waals surface area contributed by atoms with Crippen LogP contribution in [-0.2, 0) is 6.42 Å². The van der Waals surface area contributed by atoms with Gasteiger partial charge in [0, 0.05) is 10.9 Å². The van der Waals surface area contributed by atoms with E-state index in [0.29, 0.717) is 28.7 Å². The molecule has 0 bridgehead atoms. The first-order chi connectivity index (χ1) is 11.1. The molecule has 3 heteroatoms. The Balaban J connectivity index is 2.12. The fourth-order valence-electron chi connectivity index (χ4n) is 2.70. The molecule has 3 aromatic carbocycles. The largest absolute Gasteiger partial charge is 0.494 e. The molecule has 0 heterocycles. The number of hydrogen-bond donors (Lipinski definition) is 0. The quantitative estimate of drug-likeness (QED) is 0.596. The Morgan fingerprint density at radius 3 is 2.26 bits per heavy atom. The molecule has 3 rings (SSSR count). The van der Waals surface area contributed by atoms with Gasteiger partial charge in [-0.2, -0.15) is 0 Å². The fraction of sp³-hybridized carbons (Fsp3) is 0.200. The number of ether oxygens (including phenoxy) is 1. The Morgan fingerprint density at radius 2 is 1.61 bits per heavy atom. The van der Waals surface area contributed by atoms with E-state index in [2.05, 4.69) is 0 Å². The van der Waals surface area contributed by atoms with E-state index in [1.165, 1.54) is 0 Å². The van der Waals surface area contributed by atoms with Crippen molar-refractivity contribution in [1.29, 1.82) is 0 Å². The van der Waals surface area contributed by atoms with Crippen LogP contribution in [0, 0.1) is 11.6 Å². The Bertz CT molecular complexity index is 838. The van der Waals surface area contributed by atoms with Gasteiger partial charge in [-0.3, -0.25) is 0 Å². The highest BCUT2D eigenvalue weighted by atomic mass is 19.2. The number of halogens is 2. The summed E-state index contributed by atoms with van der Waals surface area (Å²) >= 11 is 0. The second-order valence-electron chi connectivity index (χ2n) is 5.42. The van der Waals surface area contributed by atoms with Crippen molar-refractivity contribution < 1.29 is 13.5 Å². The van der Waals surface area contributed by atoms with Gasteiger partial charge in [0.05, 0.1) is 6.61 Å². The summed E-state index contributed by atoms with van der Waals surface area (Å²) in [6.45, 7) is 4.46. The monoisotopic (exact) mass is 312 g/mol. The molecule has 1 nitrogen and oxygen atoms in total. The van der Waals surface area contributed by atoms with E-state index >= 15 is 0 Å². The Labute approximate surface area is 134 Å². The van der Waals surface area contributed by atoms with Crippen molar-refractivity contribution in [2.75, 3.05) is 6.61 Å². The molecule has 0 unspecified atom stereocenters. The third-order valence-corrected chi connectivity index (χ3v) is 3.97. The summed E-state index contributed by atoms with van der Waals surface area (Å²) in [6, 6.07) is 14.2. The second kappa shape index (κ2) is 6.37. The smallest absolute Gasteiger partial charge is 0.167 e. The van der Waals surface area contributed by atoms with Crippen molar-refractivity contribution in [2.45, 2.75) is 20.3 Å². The van der Waals surface area contributed by atoms with Gasteiger partial charge in [-0.05, 0) is 54.1 Å². The van der Waals surface area contributed by atoms with E-state index in [4.69, 9.17) is 4.74 Å². The Morgan fingerprint density at radius 1 is 0.870 bits per heavy atom. The van der Waals surface area contributed by atoms with E-state index < -0.39 is 11.6 Å². The summed E-state index contributed by atoms with van der Waals surface area (Å²) < 4.78 is 34.3. The van der Waals surface area contributed by atoms with Gasteiger partial charge in [0.2, 0.25) is 0 Å². The van der Waals surface area contributed by atoms with Crippen LogP contribution >= 0.6 is 0 Å². The van der Waals surface area contributed by atoms with Crippen molar-refractivity contribution in [3.63, 3.8) is 0 Å². The topological polar surface area (TPSA) is 9.23 Å². The predicted octanol–water partition coefficient (Wildman–Crippen LogP) is 5.75. The van der Waals surface area contributed by atoms with E-state index in [9.17, 15) is 8.78 Å². The normalized spacial score (nSPS) is 11.0. The summed E-state index contributed by atoms with van der Waals surface area (Å²) in [5.74, 6) is -0.887. The third-order valence-electron chi connectivity index (χ3n) is 3.97. The fourth-order valence-corrected chi connectivity index (χ4v) is 2.70. The molecule has 23 heavy (non-hydrogen) atoms. The lowest BCUT2D eigenvalue weighted by Gasteiger charge is -2.10. The van der Waals surface area contributed by atoms with Gasteiger partial charge >= 0.3 is 0 Å². The number of aryl methyl sites for hydroxylation is 1. The van der Waals surface area contributed by atoms with Gasteiger partial charge in [-0.15, -0.1) is 0 Å². The molecular formula is C20H18F2O. The first-order valence-electron chi connectivity index (χ1n) is 7.78. The van der Waals surface area contributed by atoms with Gasteiger partial charge in [-0.1, -0.05) is 31.2 Å². The highest BCUT2D eigenvalue weighted by molar-refractivity contribution is 5.89. The van der Waals surface area contributed by atoms with Crippen LogP contribution in [0.4, 0.5) is 8.78 Å². The molecule has 0 saturated heterocycles. The molecule has 0 fully saturated rings. The lowest BCUT2D eigenvalue weighted by Crippen LogP contribution is -1.94. The predicted molar refractivity (Wildman–Crippen MR) is 89.8 cm³/mol. The summed E-state index contributed by atoms with van der Waals surface area (Å²) in [7, 11) is 0. The van der Waals surface area contributed by atoms with Gasteiger partial charge in [-0.25, -0.2) is 8.78 Å². The highest BCUT2D eigenvalue weighted by Gasteiger charge is 2.15. The Kier molecular flexibility index (Phi) is 4.28. The number of rotatable bonds is 4. The molecule has 3 aromatic rings. The molecule has 0 aliphatic carbocycles. The summed E-state index contributed by atoms with van der Waals surface area (Å²) in [5, 5.41) is 1.03. The van der Waals surface area contributed by atoms with Crippen LogP contribution in [-0.4, -0.2) is 6.61 Å². The zero-order valence-electron chi connectivity index (χ0n) is 13.2. The maximum Gasteiger partial charge on any atom is 0.167 e. The average molecular weight is 312 g/mol. The first-order valence-corrected chi connectivity index (χ1v) is 7.78. The molecule has 118 valence electrons. The van der Waals surface area contributed by atoms with E-state index in [1.54, 1.807) is 36.4 Å². The van der Waals surface area contributed by atoms with E-state index in [0.717, 1.165) is 12.0 Å². The first kappa shape index (κ1) is 15.5. The van der Waals surface area contributed by atoms with Crippen LogP contribution in [0.2, 0.25) is 0 Å². The zero-order valence-corrected chi connectivity index (χ0v) is 13.2. The van der Waals surface area contributed by atoms with Crippen LogP contribution in [0.15, 0.2) is 48.5 Å². The molecule has 0 saturated carbocycles. The minimum atomic E-state index is -0.810. The maximum absolute atomic E-state index is 14.5. The van der Waals surface area contributed by atoms with Crippen molar-refractivity contribution in [1.82, 2.24) is 0 Å². The summed E-state index contributed by atoms with van der Waals surface area (Å²) in [6.07, 6.45) is 0.789. The average Bonchev–Trinajstić information content (AvgIpc) is 2.59. The van der Waals surface area contributed by atoms with E-state index in [1.807, 2.05) is 26.0 Å². The van der Waals surface area contributed by atoms with Gasteiger partial charge in [0.15, 0.2) is 11.6 Å². The standard InChI is InChI=1S/C20H18F2O/c1-3-13-5-6-15-12-18(20(22)19(21)17(15)11-13)14-7-9-16(10-8-14)23-4-2/h5-12H,3-4H2,1-2H3. The van der Waals surface area contributed by atoms with Crippen molar-refractivity contribution in [2.24, 2.45) is 0 Å². The van der Waals surface area contributed by atoms with Crippen LogP contribution in [0.25, 0.3) is 21.9 Å². The molecule has 0 N–H and O–H groups in total. The molecule has 0 amide bonds. The van der Waals surface area contributed by atoms with Crippen molar-refractivity contribution in [3.8, 4) is 16.9 Å². The van der Waals surface area contributed by atoms with Crippen LogP contribution in [0.3, 0.4) is 0 Å². The zero-order chi connectivity index (χ0) is 16.4. The van der Waals surface area contributed by atoms with Crippen LogP contribution in [0.5, 0.6) is 5.75 Å². The Hall–Kier alpha value is -2.42. The summed E-state index contributed by atoms with van der Waals surface area (Å²) in [4.78, 5) is 0. The van der Waals surface area contributed by atoms with Gasteiger partial charge < -0.3 is 4.74 Å². The lowest BCUT2D eigenvalue weighted by atomic mass is 9.98. The molecular weight excluding hydrogens is 294 g/mol. The SMILES string of the molecule is CCOc1ccc(-c2cc3ccc(CC)cc3c(F)c2F)cc1. The molecule has 0 aromatic heterocycles. The molecule has 0 aliphatic heterocycles. The van der Waals surface area contributed by atoms with Crippen LogP contribution < -0.4 is 4.74 Å². The molecule has 0 radical (unpaired) electrons. The van der Waals surface area contributed by atoms with E-state index in [-0.39, 0.29) is 5.56 Å². The van der Waals surface area contributed by atoms with Crippen molar-refractivity contribution >= 4 is 10.8 Å². The lowest BCUT2D eigenvalue weighted by molar-refractivity contribution is 0.340.